The first-order valence-corrected chi connectivity index (χ1v) is 9.26. The number of aromatic nitrogens is 1. The molecule has 0 unspecified atom stereocenters. The summed E-state index contributed by atoms with van der Waals surface area (Å²) in [5, 5.41) is 10.7. The van der Waals surface area contributed by atoms with Crippen LogP contribution in [0.15, 0.2) is 74.8 Å². The van der Waals surface area contributed by atoms with Crippen molar-refractivity contribution in [3.05, 3.63) is 81.0 Å². The quantitative estimate of drug-likeness (QED) is 0.222. The molecule has 1 aliphatic carbocycles. The Labute approximate surface area is 157 Å². The molecule has 28 heavy (non-hydrogen) atoms. The van der Waals surface area contributed by atoms with Gasteiger partial charge in [0.15, 0.2) is 16.8 Å². The van der Waals surface area contributed by atoms with Gasteiger partial charge in [0.1, 0.15) is 21.9 Å². The van der Waals surface area contributed by atoms with Crippen molar-refractivity contribution in [2.75, 3.05) is 0 Å². The van der Waals surface area contributed by atoms with Crippen LogP contribution in [0.1, 0.15) is 0 Å². The van der Waals surface area contributed by atoms with Gasteiger partial charge < -0.3 is 8.60 Å². The molecule has 0 saturated carbocycles. The zero-order valence-corrected chi connectivity index (χ0v) is 14.8. The molecule has 1 heterocycles. The van der Waals surface area contributed by atoms with Crippen molar-refractivity contribution < 1.29 is 21.9 Å². The zero-order chi connectivity index (χ0) is 19.9. The van der Waals surface area contributed by atoms with Crippen LogP contribution in [0.4, 0.5) is 5.69 Å². The molecule has 0 N–H and O–H groups in total. The Balaban J connectivity index is 1.70. The normalized spacial score (nSPS) is 11.6. The monoisotopic (exact) mass is 398 g/mol. The fourth-order valence-electron chi connectivity index (χ4n) is 2.55. The molecule has 1 aliphatic heterocycles. The van der Waals surface area contributed by atoms with Crippen molar-refractivity contribution in [1.82, 2.24) is 4.98 Å². The van der Waals surface area contributed by atoms with Gasteiger partial charge >= 0.3 is 10.1 Å². The standard InChI is InChI=1S/C18H10N2O7S/c21-12-3-7-15-17(9-12)26-18-10-13(4-8-16(18)19-15)27-28(24,25)14-5-1-11(2-6-14)20(22)23/h1-10H. The lowest BCUT2D eigenvalue weighted by atomic mass is 10.2. The van der Waals surface area contributed by atoms with Crippen LogP contribution >= 0.6 is 0 Å². The number of rotatable bonds is 4. The molecular formula is C18H10N2O7S. The second kappa shape index (κ2) is 6.43. The van der Waals surface area contributed by atoms with Gasteiger partial charge in [-0.05, 0) is 36.4 Å². The SMILES string of the molecule is O=c1ccc2nc3ccc(OS(=O)(=O)c4ccc([N+](=O)[O-])cc4)cc3oc-2c1. The third kappa shape index (κ3) is 3.28. The molecule has 2 aromatic carbocycles. The first kappa shape index (κ1) is 17.6. The minimum atomic E-state index is -4.21. The summed E-state index contributed by atoms with van der Waals surface area (Å²) in [6.45, 7) is 0. The Morgan fingerprint density at radius 1 is 1.00 bits per heavy atom. The average molecular weight is 398 g/mol. The van der Waals surface area contributed by atoms with Gasteiger partial charge in [-0.2, -0.15) is 8.42 Å². The van der Waals surface area contributed by atoms with Crippen molar-refractivity contribution >= 4 is 26.9 Å². The molecule has 4 rings (SSSR count). The predicted molar refractivity (Wildman–Crippen MR) is 97.8 cm³/mol. The maximum Gasteiger partial charge on any atom is 0.339 e. The van der Waals surface area contributed by atoms with E-state index in [9.17, 15) is 23.3 Å². The van der Waals surface area contributed by atoms with E-state index in [0.29, 0.717) is 11.2 Å². The van der Waals surface area contributed by atoms with Crippen molar-refractivity contribution in [2.24, 2.45) is 0 Å². The average Bonchev–Trinajstić information content (AvgIpc) is 2.66. The van der Waals surface area contributed by atoms with Gasteiger partial charge in [0.2, 0.25) is 0 Å². The summed E-state index contributed by atoms with van der Waals surface area (Å²) >= 11 is 0. The van der Waals surface area contributed by atoms with Crippen LogP contribution in [0, 0.1) is 10.1 Å². The van der Waals surface area contributed by atoms with Gasteiger partial charge in [0, 0.05) is 24.3 Å². The van der Waals surface area contributed by atoms with E-state index in [4.69, 9.17) is 8.60 Å². The Bertz CT molecular complexity index is 1340. The lowest BCUT2D eigenvalue weighted by Crippen LogP contribution is -2.09. The summed E-state index contributed by atoms with van der Waals surface area (Å²) in [6, 6.07) is 12.8. The van der Waals surface area contributed by atoms with Crippen LogP contribution in [-0.4, -0.2) is 18.3 Å². The van der Waals surface area contributed by atoms with Gasteiger partial charge in [-0.1, -0.05) is 0 Å². The van der Waals surface area contributed by atoms with E-state index in [1.807, 2.05) is 0 Å². The van der Waals surface area contributed by atoms with Crippen molar-refractivity contribution in [2.45, 2.75) is 4.90 Å². The van der Waals surface area contributed by atoms with E-state index in [1.165, 1.54) is 36.4 Å². The molecule has 2 aromatic rings. The minimum absolute atomic E-state index is 0.0333. The van der Waals surface area contributed by atoms with Crippen molar-refractivity contribution in [1.29, 1.82) is 0 Å². The lowest BCUT2D eigenvalue weighted by Gasteiger charge is -2.09. The minimum Gasteiger partial charge on any atom is -0.453 e. The summed E-state index contributed by atoms with van der Waals surface area (Å²) in [5.74, 6) is 0.226. The van der Waals surface area contributed by atoms with Gasteiger partial charge in [-0.15, -0.1) is 0 Å². The highest BCUT2D eigenvalue weighted by molar-refractivity contribution is 7.87. The molecule has 10 heteroatoms. The molecule has 0 saturated heterocycles. The Morgan fingerprint density at radius 2 is 1.75 bits per heavy atom. The van der Waals surface area contributed by atoms with Crippen LogP contribution in [0.25, 0.3) is 22.6 Å². The number of nitro benzene ring substituents is 1. The molecule has 0 atom stereocenters. The van der Waals surface area contributed by atoms with Crippen LogP contribution in [0.3, 0.4) is 0 Å². The van der Waals surface area contributed by atoms with Gasteiger partial charge in [0.25, 0.3) is 5.69 Å². The van der Waals surface area contributed by atoms with E-state index in [-0.39, 0.29) is 33.1 Å². The van der Waals surface area contributed by atoms with Crippen LogP contribution in [0.2, 0.25) is 0 Å². The fourth-order valence-corrected chi connectivity index (χ4v) is 3.47. The number of benzene rings is 3. The Morgan fingerprint density at radius 3 is 2.46 bits per heavy atom. The molecular weight excluding hydrogens is 388 g/mol. The van der Waals surface area contributed by atoms with E-state index in [2.05, 4.69) is 4.98 Å². The topological polar surface area (TPSA) is 130 Å². The molecule has 0 fully saturated rings. The Hall–Kier alpha value is -3.79. The van der Waals surface area contributed by atoms with Gasteiger partial charge in [0.05, 0.1) is 4.92 Å². The van der Waals surface area contributed by atoms with E-state index >= 15 is 0 Å². The molecule has 0 radical (unpaired) electrons. The summed E-state index contributed by atoms with van der Waals surface area (Å²) in [5.41, 5.74) is 0.685. The number of hydrogen-bond donors (Lipinski definition) is 0. The van der Waals surface area contributed by atoms with Crippen LogP contribution in [0.5, 0.6) is 5.75 Å². The maximum absolute atomic E-state index is 12.4. The van der Waals surface area contributed by atoms with E-state index in [1.54, 1.807) is 0 Å². The number of fused-ring (bicyclic) bond motifs is 2. The second-order valence-electron chi connectivity index (χ2n) is 5.76. The first-order chi connectivity index (χ1) is 13.3. The maximum atomic E-state index is 12.4. The molecule has 0 bridgehead atoms. The summed E-state index contributed by atoms with van der Waals surface area (Å²) in [7, 11) is -4.21. The second-order valence-corrected chi connectivity index (χ2v) is 7.31. The lowest BCUT2D eigenvalue weighted by molar-refractivity contribution is -0.384. The number of nitrogens with zero attached hydrogens (tertiary/aromatic N) is 2. The molecule has 140 valence electrons. The van der Waals surface area contributed by atoms with E-state index < -0.39 is 15.0 Å². The number of hydrogen-bond acceptors (Lipinski definition) is 8. The number of nitro groups is 1. The molecule has 0 amide bonds. The third-order valence-electron chi connectivity index (χ3n) is 3.87. The van der Waals surface area contributed by atoms with Gasteiger partial charge in [-0.3, -0.25) is 14.9 Å². The van der Waals surface area contributed by atoms with Crippen molar-refractivity contribution in [3.63, 3.8) is 0 Å². The summed E-state index contributed by atoms with van der Waals surface area (Å²) in [6.07, 6.45) is 0. The van der Waals surface area contributed by atoms with Crippen LogP contribution < -0.4 is 9.61 Å². The Kier molecular flexibility index (Phi) is 4.04. The van der Waals surface area contributed by atoms with Crippen molar-refractivity contribution in [3.8, 4) is 17.2 Å². The molecule has 0 spiro atoms. The predicted octanol–water partition coefficient (Wildman–Crippen LogP) is 2.97. The highest BCUT2D eigenvalue weighted by Gasteiger charge is 2.19. The molecule has 2 aliphatic rings. The highest BCUT2D eigenvalue weighted by atomic mass is 32.2. The first-order valence-electron chi connectivity index (χ1n) is 7.85. The summed E-state index contributed by atoms with van der Waals surface area (Å²) < 4.78 is 35.5. The van der Waals surface area contributed by atoms with Crippen LogP contribution in [-0.2, 0) is 10.1 Å². The third-order valence-corrected chi connectivity index (χ3v) is 5.13. The molecule has 0 aromatic heterocycles. The summed E-state index contributed by atoms with van der Waals surface area (Å²) in [4.78, 5) is 25.6. The van der Waals surface area contributed by atoms with Gasteiger partial charge in [-0.25, -0.2) is 4.98 Å². The zero-order valence-electron chi connectivity index (χ0n) is 13.9. The molecule has 9 nitrogen and oxygen atoms in total. The smallest absolute Gasteiger partial charge is 0.339 e. The number of non-ortho nitro benzene ring substituents is 1. The highest BCUT2D eigenvalue weighted by Crippen LogP contribution is 2.28. The fraction of sp³-hybridized carbons (Fsp3) is 0. The van der Waals surface area contributed by atoms with E-state index in [0.717, 1.165) is 24.3 Å². The largest absolute Gasteiger partial charge is 0.453 e.